The highest BCUT2D eigenvalue weighted by molar-refractivity contribution is 5.99. The number of carbonyl (C=O) groups excluding carboxylic acids is 1. The standard InChI is InChI=1S/C8H10O5/c9-6-2-1-4(7(10)11)3-5(6)8(12)13/h4-5H,1-3H2,(H,10,11)(H,12,13). The number of carbonyl (C=O) groups is 3. The lowest BCUT2D eigenvalue weighted by Crippen LogP contribution is -2.33. The number of rotatable bonds is 2. The molecule has 2 N–H and O–H groups in total. The van der Waals surface area contributed by atoms with Crippen molar-refractivity contribution in [2.24, 2.45) is 11.8 Å². The number of carboxylic acid groups (broad SMARTS) is 2. The molecule has 0 heterocycles. The molecule has 1 fully saturated rings. The van der Waals surface area contributed by atoms with Crippen molar-refractivity contribution in [3.8, 4) is 0 Å². The molecule has 2 unspecified atom stereocenters. The van der Waals surface area contributed by atoms with Crippen LogP contribution in [0.5, 0.6) is 0 Å². The van der Waals surface area contributed by atoms with Crippen molar-refractivity contribution in [1.82, 2.24) is 0 Å². The van der Waals surface area contributed by atoms with Crippen LogP contribution in [0.4, 0.5) is 0 Å². The average Bonchev–Trinajstić information content (AvgIpc) is 2.04. The molecule has 0 aromatic carbocycles. The fourth-order valence-corrected chi connectivity index (χ4v) is 1.49. The molecule has 0 aromatic rings. The SMILES string of the molecule is O=C(O)C1CCC(=O)C(C(=O)O)C1. The van der Waals surface area contributed by atoms with Crippen molar-refractivity contribution in [2.75, 3.05) is 0 Å². The summed E-state index contributed by atoms with van der Waals surface area (Å²) in [4.78, 5) is 32.1. The lowest BCUT2D eigenvalue weighted by molar-refractivity contribution is -0.151. The van der Waals surface area contributed by atoms with Crippen LogP contribution in [0, 0.1) is 11.8 Å². The molecule has 1 rings (SSSR count). The van der Waals surface area contributed by atoms with E-state index >= 15 is 0 Å². The molecule has 0 aromatic heterocycles. The fraction of sp³-hybridized carbons (Fsp3) is 0.625. The molecule has 2 atom stereocenters. The van der Waals surface area contributed by atoms with Gasteiger partial charge in [-0.2, -0.15) is 0 Å². The minimum absolute atomic E-state index is 0.0634. The maximum absolute atomic E-state index is 11.0. The van der Waals surface area contributed by atoms with Gasteiger partial charge in [-0.3, -0.25) is 14.4 Å². The van der Waals surface area contributed by atoms with Crippen LogP contribution < -0.4 is 0 Å². The molecule has 1 aliphatic rings. The average molecular weight is 186 g/mol. The zero-order valence-electron chi connectivity index (χ0n) is 6.90. The van der Waals surface area contributed by atoms with Gasteiger partial charge in [-0.25, -0.2) is 0 Å². The molecule has 5 heteroatoms. The van der Waals surface area contributed by atoms with E-state index in [4.69, 9.17) is 10.2 Å². The normalized spacial score (nSPS) is 28.5. The summed E-state index contributed by atoms with van der Waals surface area (Å²) < 4.78 is 0. The number of ketones is 1. The van der Waals surface area contributed by atoms with Crippen molar-refractivity contribution in [1.29, 1.82) is 0 Å². The highest BCUT2D eigenvalue weighted by Gasteiger charge is 2.36. The third-order valence-electron chi connectivity index (χ3n) is 2.30. The maximum Gasteiger partial charge on any atom is 0.314 e. The number of carboxylic acids is 2. The zero-order valence-corrected chi connectivity index (χ0v) is 6.90. The molecule has 13 heavy (non-hydrogen) atoms. The van der Waals surface area contributed by atoms with Crippen molar-refractivity contribution < 1.29 is 24.6 Å². The van der Waals surface area contributed by atoms with Crippen LogP contribution in [0.1, 0.15) is 19.3 Å². The van der Waals surface area contributed by atoms with Gasteiger partial charge in [0.2, 0.25) is 0 Å². The number of hydrogen-bond acceptors (Lipinski definition) is 3. The Bertz CT molecular complexity index is 257. The van der Waals surface area contributed by atoms with Crippen LogP contribution in [0.15, 0.2) is 0 Å². The first-order valence-corrected chi connectivity index (χ1v) is 4.00. The van der Waals surface area contributed by atoms with E-state index in [0.717, 1.165) is 0 Å². The third kappa shape index (κ3) is 2.05. The van der Waals surface area contributed by atoms with Gasteiger partial charge in [0.15, 0.2) is 0 Å². The van der Waals surface area contributed by atoms with Crippen LogP contribution in [0.3, 0.4) is 0 Å². The Hall–Kier alpha value is -1.39. The van der Waals surface area contributed by atoms with E-state index in [1.54, 1.807) is 0 Å². The van der Waals surface area contributed by atoms with Crippen molar-refractivity contribution in [3.63, 3.8) is 0 Å². The molecule has 0 saturated heterocycles. The topological polar surface area (TPSA) is 91.7 Å². The van der Waals surface area contributed by atoms with E-state index in [-0.39, 0.29) is 25.0 Å². The summed E-state index contributed by atoms with van der Waals surface area (Å²) in [5, 5.41) is 17.2. The van der Waals surface area contributed by atoms with Gasteiger partial charge in [0.05, 0.1) is 5.92 Å². The van der Waals surface area contributed by atoms with Gasteiger partial charge in [-0.15, -0.1) is 0 Å². The first-order chi connectivity index (χ1) is 6.02. The Kier molecular flexibility index (Phi) is 2.65. The maximum atomic E-state index is 11.0. The Balaban J connectivity index is 2.68. The van der Waals surface area contributed by atoms with Crippen LogP contribution in [-0.4, -0.2) is 27.9 Å². The van der Waals surface area contributed by atoms with Gasteiger partial charge >= 0.3 is 11.9 Å². The number of Topliss-reactive ketones (excluding diaryl/α,β-unsaturated/α-hetero) is 1. The molecule has 0 amide bonds. The van der Waals surface area contributed by atoms with E-state index < -0.39 is 23.8 Å². The Morgan fingerprint density at radius 2 is 1.85 bits per heavy atom. The molecular weight excluding hydrogens is 176 g/mol. The molecule has 0 aliphatic heterocycles. The second-order valence-corrected chi connectivity index (χ2v) is 3.17. The van der Waals surface area contributed by atoms with Gasteiger partial charge in [0.25, 0.3) is 0 Å². The molecule has 0 spiro atoms. The minimum Gasteiger partial charge on any atom is -0.481 e. The lowest BCUT2D eigenvalue weighted by Gasteiger charge is -2.22. The molecule has 0 radical (unpaired) electrons. The van der Waals surface area contributed by atoms with Crippen LogP contribution in [0.25, 0.3) is 0 Å². The van der Waals surface area contributed by atoms with Gasteiger partial charge in [0.1, 0.15) is 11.7 Å². The summed E-state index contributed by atoms with van der Waals surface area (Å²) in [5.74, 6) is -4.38. The first kappa shape index (κ1) is 9.70. The predicted octanol–water partition coefficient (Wildman–Crippen LogP) is 0.141. The molecule has 1 aliphatic carbocycles. The summed E-state index contributed by atoms with van der Waals surface area (Å²) in [6.07, 6.45) is 0.259. The zero-order chi connectivity index (χ0) is 10.0. The molecule has 72 valence electrons. The van der Waals surface area contributed by atoms with Gasteiger partial charge < -0.3 is 10.2 Å². The van der Waals surface area contributed by atoms with Crippen LogP contribution >= 0.6 is 0 Å². The largest absolute Gasteiger partial charge is 0.481 e. The molecule has 1 saturated carbocycles. The van der Waals surface area contributed by atoms with E-state index in [9.17, 15) is 14.4 Å². The summed E-state index contributed by atoms with van der Waals surface area (Å²) in [6, 6.07) is 0. The molecular formula is C8H10O5. The molecule has 0 bridgehead atoms. The Morgan fingerprint density at radius 3 is 2.31 bits per heavy atom. The summed E-state index contributed by atoms with van der Waals surface area (Å²) in [5.41, 5.74) is 0. The number of aliphatic carboxylic acids is 2. The van der Waals surface area contributed by atoms with Gasteiger partial charge in [-0.05, 0) is 12.8 Å². The fourth-order valence-electron chi connectivity index (χ4n) is 1.49. The molecule has 5 nitrogen and oxygen atoms in total. The second-order valence-electron chi connectivity index (χ2n) is 3.17. The van der Waals surface area contributed by atoms with Crippen molar-refractivity contribution >= 4 is 17.7 Å². The highest BCUT2D eigenvalue weighted by atomic mass is 16.4. The summed E-state index contributed by atoms with van der Waals surface area (Å²) in [7, 11) is 0. The Labute approximate surface area is 74.4 Å². The smallest absolute Gasteiger partial charge is 0.314 e. The summed E-state index contributed by atoms with van der Waals surface area (Å²) in [6.45, 7) is 0. The summed E-state index contributed by atoms with van der Waals surface area (Å²) >= 11 is 0. The first-order valence-electron chi connectivity index (χ1n) is 4.00. The second kappa shape index (κ2) is 3.55. The van der Waals surface area contributed by atoms with Gasteiger partial charge in [0, 0.05) is 6.42 Å². The third-order valence-corrected chi connectivity index (χ3v) is 2.30. The van der Waals surface area contributed by atoms with Crippen LogP contribution in [0.2, 0.25) is 0 Å². The van der Waals surface area contributed by atoms with E-state index in [0.29, 0.717) is 0 Å². The van der Waals surface area contributed by atoms with Gasteiger partial charge in [-0.1, -0.05) is 0 Å². The predicted molar refractivity (Wildman–Crippen MR) is 41.1 cm³/mol. The Morgan fingerprint density at radius 1 is 1.23 bits per heavy atom. The van der Waals surface area contributed by atoms with Crippen molar-refractivity contribution in [2.45, 2.75) is 19.3 Å². The van der Waals surface area contributed by atoms with Crippen LogP contribution in [-0.2, 0) is 14.4 Å². The lowest BCUT2D eigenvalue weighted by atomic mass is 9.80. The monoisotopic (exact) mass is 186 g/mol. The quantitative estimate of drug-likeness (QED) is 0.598. The van der Waals surface area contributed by atoms with E-state index in [1.807, 2.05) is 0 Å². The highest BCUT2D eigenvalue weighted by Crippen LogP contribution is 2.26. The van der Waals surface area contributed by atoms with E-state index in [2.05, 4.69) is 0 Å². The number of hydrogen-bond donors (Lipinski definition) is 2. The van der Waals surface area contributed by atoms with Crippen molar-refractivity contribution in [3.05, 3.63) is 0 Å². The van der Waals surface area contributed by atoms with E-state index in [1.165, 1.54) is 0 Å². The minimum atomic E-state index is -1.21.